The molecule has 1 N–H and O–H groups in total. The van der Waals surface area contributed by atoms with Crippen LogP contribution in [0.5, 0.6) is 0 Å². The molecule has 0 fully saturated rings. The van der Waals surface area contributed by atoms with Crippen molar-refractivity contribution in [2.75, 3.05) is 0 Å². The number of hydrogen-bond donors (Lipinski definition) is 1. The van der Waals surface area contributed by atoms with E-state index < -0.39 is 27.6 Å². The molecule has 9 heteroatoms. The number of hydrogen-bond acceptors (Lipinski definition) is 4. The van der Waals surface area contributed by atoms with E-state index in [9.17, 15) is 22.0 Å². The van der Waals surface area contributed by atoms with Gasteiger partial charge in [0.1, 0.15) is 23.2 Å². The zero-order chi connectivity index (χ0) is 19.8. The Labute approximate surface area is 154 Å². The van der Waals surface area contributed by atoms with Crippen molar-refractivity contribution in [2.45, 2.75) is 11.8 Å². The number of carbonyl (C=O) groups is 1. The zero-order valence-electron chi connectivity index (χ0n) is 14.4. The Bertz CT molecular complexity index is 1140. The lowest BCUT2D eigenvalue weighted by atomic mass is 10.2. The summed E-state index contributed by atoms with van der Waals surface area (Å²) in [4.78, 5) is 16.3. The molecule has 0 spiro atoms. The number of carbonyl (C=O) groups excluding carboxylic acids is 1. The maximum atomic E-state index is 14.0. The van der Waals surface area contributed by atoms with E-state index in [1.54, 1.807) is 19.1 Å². The van der Waals surface area contributed by atoms with Crippen LogP contribution in [0.3, 0.4) is 0 Å². The van der Waals surface area contributed by atoms with E-state index in [4.69, 9.17) is 0 Å². The lowest BCUT2D eigenvalue weighted by Crippen LogP contribution is -2.31. The summed E-state index contributed by atoms with van der Waals surface area (Å²) in [6.07, 6.45) is 1.24. The largest absolute Gasteiger partial charge is 0.333 e. The monoisotopic (exact) mass is 391 g/mol. The van der Waals surface area contributed by atoms with Gasteiger partial charge in [0.15, 0.2) is 0 Å². The number of aromatic nitrogens is 2. The molecule has 3 aromatic rings. The fourth-order valence-electron chi connectivity index (χ4n) is 2.58. The Morgan fingerprint density at radius 1 is 1.15 bits per heavy atom. The molecular formula is C18H15F2N3O3S. The van der Waals surface area contributed by atoms with Gasteiger partial charge in [-0.1, -0.05) is 18.2 Å². The predicted molar refractivity (Wildman–Crippen MR) is 94.4 cm³/mol. The average Bonchev–Trinajstić information content (AvgIpc) is 2.99. The van der Waals surface area contributed by atoms with Crippen LogP contribution in [0.4, 0.5) is 8.78 Å². The van der Waals surface area contributed by atoms with Gasteiger partial charge in [0.05, 0.1) is 10.5 Å². The lowest BCUT2D eigenvalue weighted by Gasteiger charge is -2.07. The summed E-state index contributed by atoms with van der Waals surface area (Å²) >= 11 is 0. The molecule has 0 unspecified atom stereocenters. The van der Waals surface area contributed by atoms with Crippen molar-refractivity contribution in [1.29, 1.82) is 0 Å². The van der Waals surface area contributed by atoms with E-state index in [-0.39, 0.29) is 22.0 Å². The molecular weight excluding hydrogens is 376 g/mol. The van der Waals surface area contributed by atoms with E-state index >= 15 is 0 Å². The fraction of sp³-hybridized carbons (Fsp3) is 0.111. The second-order valence-electron chi connectivity index (χ2n) is 5.88. The summed E-state index contributed by atoms with van der Waals surface area (Å²) < 4.78 is 55.5. The first-order chi connectivity index (χ1) is 12.7. The molecule has 0 aliphatic carbocycles. The molecule has 0 bridgehead atoms. The minimum absolute atomic E-state index is 0.00885. The minimum atomic E-state index is -4.10. The van der Waals surface area contributed by atoms with Gasteiger partial charge in [-0.15, -0.1) is 0 Å². The number of halogens is 2. The van der Waals surface area contributed by atoms with Gasteiger partial charge in [0.25, 0.3) is 15.9 Å². The van der Waals surface area contributed by atoms with Crippen LogP contribution in [0.1, 0.15) is 16.1 Å². The molecule has 1 aromatic heterocycles. The van der Waals surface area contributed by atoms with E-state index in [1.165, 1.54) is 29.9 Å². The van der Waals surface area contributed by atoms with Crippen molar-refractivity contribution < 1.29 is 22.0 Å². The first-order valence-corrected chi connectivity index (χ1v) is 9.29. The summed E-state index contributed by atoms with van der Waals surface area (Å²) in [6, 6.07) is 9.04. The standard InChI is InChI=1S/C18H15F2N3O3S/c1-11-5-3-4-6-16(11)27(25,26)22-18(24)15-10-23(2)17(21-15)13-9-12(19)7-8-14(13)20/h3-10H,1-2H3,(H,22,24). The molecule has 0 saturated carbocycles. The van der Waals surface area contributed by atoms with Crippen LogP contribution in [0.25, 0.3) is 11.4 Å². The Morgan fingerprint density at radius 2 is 1.85 bits per heavy atom. The molecule has 2 aromatic carbocycles. The van der Waals surface area contributed by atoms with Gasteiger partial charge in [-0.05, 0) is 36.8 Å². The molecule has 0 radical (unpaired) electrons. The SMILES string of the molecule is Cc1ccccc1S(=O)(=O)NC(=O)c1cn(C)c(-c2cc(F)ccc2F)n1. The number of aryl methyl sites for hydroxylation is 2. The van der Waals surface area contributed by atoms with Gasteiger partial charge in [-0.25, -0.2) is 26.9 Å². The first-order valence-electron chi connectivity index (χ1n) is 7.80. The predicted octanol–water partition coefficient (Wildman–Crippen LogP) is 2.79. The van der Waals surface area contributed by atoms with Crippen LogP contribution in [0.15, 0.2) is 53.6 Å². The highest BCUT2D eigenvalue weighted by Gasteiger charge is 2.23. The number of amides is 1. The Kier molecular flexibility index (Phi) is 4.79. The fourth-order valence-corrected chi connectivity index (χ4v) is 3.79. The summed E-state index contributed by atoms with van der Waals surface area (Å²) in [6.45, 7) is 1.60. The summed E-state index contributed by atoms with van der Waals surface area (Å²) in [5.74, 6) is -2.37. The van der Waals surface area contributed by atoms with Crippen molar-refractivity contribution in [3.63, 3.8) is 0 Å². The Morgan fingerprint density at radius 3 is 2.56 bits per heavy atom. The molecule has 140 valence electrons. The molecule has 3 rings (SSSR count). The highest BCUT2D eigenvalue weighted by atomic mass is 32.2. The summed E-state index contributed by atoms with van der Waals surface area (Å²) in [5, 5.41) is 0. The molecule has 1 amide bonds. The maximum Gasteiger partial charge on any atom is 0.285 e. The third-order valence-electron chi connectivity index (χ3n) is 3.89. The van der Waals surface area contributed by atoms with Crippen LogP contribution in [0, 0.1) is 18.6 Å². The van der Waals surface area contributed by atoms with Crippen LogP contribution < -0.4 is 4.72 Å². The second-order valence-corrected chi connectivity index (χ2v) is 7.54. The Hall–Kier alpha value is -3.07. The number of nitrogens with zero attached hydrogens (tertiary/aromatic N) is 2. The van der Waals surface area contributed by atoms with Gasteiger partial charge >= 0.3 is 0 Å². The van der Waals surface area contributed by atoms with Gasteiger partial charge in [-0.3, -0.25) is 4.79 Å². The van der Waals surface area contributed by atoms with Crippen LogP contribution in [-0.4, -0.2) is 23.9 Å². The zero-order valence-corrected chi connectivity index (χ0v) is 15.2. The highest BCUT2D eigenvalue weighted by Crippen LogP contribution is 2.23. The summed E-state index contributed by atoms with van der Waals surface area (Å²) in [7, 11) is -2.62. The van der Waals surface area contributed by atoms with Crippen LogP contribution in [-0.2, 0) is 17.1 Å². The smallest absolute Gasteiger partial charge is 0.285 e. The topological polar surface area (TPSA) is 81.1 Å². The third-order valence-corrected chi connectivity index (χ3v) is 5.38. The first kappa shape index (κ1) is 18.7. The molecule has 1 heterocycles. The Balaban J connectivity index is 1.93. The molecule has 6 nitrogen and oxygen atoms in total. The number of nitrogens with one attached hydrogen (secondary N) is 1. The number of imidazole rings is 1. The lowest BCUT2D eigenvalue weighted by molar-refractivity contribution is 0.0977. The van der Waals surface area contributed by atoms with E-state index in [1.807, 2.05) is 4.72 Å². The quantitative estimate of drug-likeness (QED) is 0.742. The maximum absolute atomic E-state index is 14.0. The molecule has 0 saturated heterocycles. The van der Waals surface area contributed by atoms with E-state index in [0.29, 0.717) is 5.56 Å². The van der Waals surface area contributed by atoms with Crippen molar-refractivity contribution in [2.24, 2.45) is 7.05 Å². The number of sulfonamides is 1. The molecule has 27 heavy (non-hydrogen) atoms. The molecule has 0 aliphatic rings. The van der Waals surface area contributed by atoms with Gasteiger partial charge < -0.3 is 4.57 Å². The van der Waals surface area contributed by atoms with Crippen molar-refractivity contribution in [1.82, 2.24) is 14.3 Å². The third kappa shape index (κ3) is 3.72. The van der Waals surface area contributed by atoms with E-state index in [0.717, 1.165) is 18.2 Å². The normalized spacial score (nSPS) is 11.4. The number of rotatable bonds is 4. The average molecular weight is 391 g/mol. The minimum Gasteiger partial charge on any atom is -0.333 e. The van der Waals surface area contributed by atoms with Crippen molar-refractivity contribution >= 4 is 15.9 Å². The summed E-state index contributed by atoms with van der Waals surface area (Å²) in [5.41, 5.74) is 0.0907. The van der Waals surface area contributed by atoms with Crippen molar-refractivity contribution in [3.05, 3.63) is 71.6 Å². The van der Waals surface area contributed by atoms with Crippen LogP contribution in [0.2, 0.25) is 0 Å². The number of benzene rings is 2. The second kappa shape index (κ2) is 6.92. The van der Waals surface area contributed by atoms with Gasteiger partial charge in [0.2, 0.25) is 0 Å². The van der Waals surface area contributed by atoms with Gasteiger partial charge in [-0.2, -0.15) is 0 Å². The highest BCUT2D eigenvalue weighted by molar-refractivity contribution is 7.90. The molecule has 0 aliphatic heterocycles. The van der Waals surface area contributed by atoms with E-state index in [2.05, 4.69) is 4.98 Å². The van der Waals surface area contributed by atoms with Crippen molar-refractivity contribution in [3.8, 4) is 11.4 Å². The van der Waals surface area contributed by atoms with Crippen LogP contribution >= 0.6 is 0 Å². The molecule has 0 atom stereocenters. The van der Waals surface area contributed by atoms with Gasteiger partial charge in [0, 0.05) is 13.2 Å².